The number of nitrogens with zero attached hydrogens (tertiary/aromatic N) is 1. The number of aliphatic hydroxyl groups is 1. The summed E-state index contributed by atoms with van der Waals surface area (Å²) in [4.78, 5) is 31.9. The molecule has 0 unspecified atom stereocenters. The zero-order valence-electron chi connectivity index (χ0n) is 17.0. The molecule has 2 aromatic carbocycles. The van der Waals surface area contributed by atoms with Crippen LogP contribution in [-0.2, 0) is 9.47 Å². The Morgan fingerprint density at radius 3 is 1.74 bits per heavy atom. The van der Waals surface area contributed by atoms with Gasteiger partial charge in [-0.3, -0.25) is 10.1 Å². The fraction of sp³-hybridized carbons (Fsp3) is 0.300. The first kappa shape index (κ1) is 29.6. The largest absolute Gasteiger partial charge is 0.465 e. The van der Waals surface area contributed by atoms with Crippen LogP contribution >= 0.6 is 0 Å². The number of carbonyl (C=O) groups is 2. The third-order valence-electron chi connectivity index (χ3n) is 3.62. The number of nitrogen functional groups attached to an aromatic ring is 1. The van der Waals surface area contributed by atoms with Crippen molar-refractivity contribution in [3.8, 4) is 0 Å². The molecule has 2 rings (SSSR count). The van der Waals surface area contributed by atoms with E-state index in [9.17, 15) is 28.5 Å². The van der Waals surface area contributed by atoms with E-state index in [4.69, 9.17) is 10.8 Å². The van der Waals surface area contributed by atoms with E-state index in [2.05, 4.69) is 9.47 Å². The zero-order chi connectivity index (χ0) is 23.6. The van der Waals surface area contributed by atoms with Gasteiger partial charge in [0.05, 0.1) is 30.8 Å². The Balaban J connectivity index is 0. The number of esters is 2. The molecule has 0 aromatic heterocycles. The second-order valence-electron chi connectivity index (χ2n) is 5.55. The number of aliphatic hydroxyl groups excluding tert-OH is 1. The van der Waals surface area contributed by atoms with Crippen molar-refractivity contribution in [3.05, 3.63) is 68.3 Å². The third kappa shape index (κ3) is 7.97. The van der Waals surface area contributed by atoms with Crippen LogP contribution in [0.4, 0.5) is 20.2 Å². The Hall–Kier alpha value is -3.60. The number of hydrogen-bond acceptors (Lipinski definition) is 8. The van der Waals surface area contributed by atoms with Crippen LogP contribution in [0.1, 0.15) is 39.3 Å². The molecule has 0 saturated carbocycles. The average molecular weight is 444 g/mol. The molecule has 0 saturated heterocycles. The zero-order valence-corrected chi connectivity index (χ0v) is 17.0. The lowest BCUT2D eigenvalue weighted by Gasteiger charge is -2.05. The molecule has 0 heterocycles. The predicted molar refractivity (Wildman–Crippen MR) is 111 cm³/mol. The second-order valence-corrected chi connectivity index (χ2v) is 5.55. The van der Waals surface area contributed by atoms with Gasteiger partial charge in [0.1, 0.15) is 17.2 Å². The van der Waals surface area contributed by atoms with Gasteiger partial charge in [0.2, 0.25) is 0 Å². The van der Waals surface area contributed by atoms with Gasteiger partial charge in [0, 0.05) is 12.8 Å². The fourth-order valence-electron chi connectivity index (χ4n) is 2.08. The summed E-state index contributed by atoms with van der Waals surface area (Å²) in [6.07, 6.45) is 0. The van der Waals surface area contributed by atoms with Gasteiger partial charge < -0.3 is 20.3 Å². The number of hydrogen-bond donors (Lipinski definition) is 2. The highest BCUT2D eigenvalue weighted by Gasteiger charge is 2.22. The molecule has 0 aliphatic heterocycles. The van der Waals surface area contributed by atoms with Crippen LogP contribution < -0.4 is 5.73 Å². The summed E-state index contributed by atoms with van der Waals surface area (Å²) < 4.78 is 34.8. The minimum Gasteiger partial charge on any atom is -0.465 e. The first-order valence-corrected chi connectivity index (χ1v) is 8.15. The number of nitro benzene ring substituents is 1. The van der Waals surface area contributed by atoms with E-state index in [1.165, 1.54) is 20.1 Å². The maximum Gasteiger partial charge on any atom is 0.344 e. The number of halogens is 2. The number of nitro groups is 1. The predicted octanol–water partition coefficient (Wildman–Crippen LogP) is 3.58. The van der Waals surface area contributed by atoms with Crippen LogP contribution in [0.2, 0.25) is 0 Å². The van der Waals surface area contributed by atoms with Crippen molar-refractivity contribution < 1.29 is 37.9 Å². The molecule has 0 fully saturated rings. The normalized spacial score (nSPS) is 9.03. The highest BCUT2D eigenvalue weighted by molar-refractivity contribution is 5.95. The Kier molecular flexibility index (Phi) is 13.0. The number of methoxy groups -OCH3 is 2. The number of carbonyl (C=O) groups excluding carboxylic acids is 2. The highest BCUT2D eigenvalue weighted by atomic mass is 19.1. The van der Waals surface area contributed by atoms with Crippen molar-refractivity contribution in [2.45, 2.75) is 21.3 Å². The second kappa shape index (κ2) is 13.6. The lowest BCUT2D eigenvalue weighted by atomic mass is 10.1. The molecule has 9 nitrogen and oxygen atoms in total. The molecule has 0 spiro atoms. The van der Waals surface area contributed by atoms with E-state index in [1.54, 1.807) is 6.92 Å². The Labute approximate surface area is 178 Å². The van der Waals surface area contributed by atoms with Crippen LogP contribution in [-0.4, -0.2) is 43.3 Å². The van der Waals surface area contributed by atoms with Crippen LogP contribution in [0.3, 0.4) is 0 Å². The van der Waals surface area contributed by atoms with Crippen molar-refractivity contribution >= 4 is 23.3 Å². The summed E-state index contributed by atoms with van der Waals surface area (Å²) in [5, 5.41) is 17.5. The number of benzene rings is 2. The number of rotatable bonds is 3. The quantitative estimate of drug-likeness (QED) is 0.317. The highest BCUT2D eigenvalue weighted by Crippen LogP contribution is 2.23. The van der Waals surface area contributed by atoms with Gasteiger partial charge in [-0.15, -0.1) is 0 Å². The Bertz CT molecular complexity index is 934. The molecular weight excluding hydrogens is 418 g/mol. The van der Waals surface area contributed by atoms with E-state index in [0.29, 0.717) is 11.6 Å². The topological polar surface area (TPSA) is 142 Å². The van der Waals surface area contributed by atoms with E-state index < -0.39 is 34.2 Å². The molecular formula is C20H26F2N2O7. The molecule has 2 aromatic rings. The molecule has 0 bridgehead atoms. The van der Waals surface area contributed by atoms with Crippen molar-refractivity contribution in [1.82, 2.24) is 0 Å². The number of ether oxygens (including phenoxy) is 2. The molecule has 11 heteroatoms. The van der Waals surface area contributed by atoms with E-state index in [1.807, 2.05) is 0 Å². The van der Waals surface area contributed by atoms with Crippen molar-refractivity contribution in [3.63, 3.8) is 0 Å². The van der Waals surface area contributed by atoms with Gasteiger partial charge >= 0.3 is 11.9 Å². The first-order chi connectivity index (χ1) is 14.0. The number of aryl methyl sites for hydroxylation is 2. The third-order valence-corrected chi connectivity index (χ3v) is 3.62. The molecule has 0 aliphatic rings. The summed E-state index contributed by atoms with van der Waals surface area (Å²) >= 11 is 0. The Morgan fingerprint density at radius 1 is 0.935 bits per heavy atom. The van der Waals surface area contributed by atoms with Gasteiger partial charge in [0.25, 0.3) is 5.69 Å². The van der Waals surface area contributed by atoms with Gasteiger partial charge in [-0.05, 0) is 43.2 Å². The molecule has 0 atom stereocenters. The van der Waals surface area contributed by atoms with Crippen LogP contribution in [0.5, 0.6) is 0 Å². The van der Waals surface area contributed by atoms with Gasteiger partial charge in [-0.2, -0.15) is 0 Å². The molecule has 0 radical (unpaired) electrons. The molecule has 3 N–H and O–H groups in total. The summed E-state index contributed by atoms with van der Waals surface area (Å²) in [6, 6.07) is 4.29. The Morgan fingerprint density at radius 2 is 1.32 bits per heavy atom. The summed E-state index contributed by atoms with van der Waals surface area (Å²) in [5.41, 5.74) is 5.40. The first-order valence-electron chi connectivity index (χ1n) is 8.15. The monoisotopic (exact) mass is 444 g/mol. The van der Waals surface area contributed by atoms with Crippen molar-refractivity contribution in [1.29, 1.82) is 0 Å². The van der Waals surface area contributed by atoms with Crippen molar-refractivity contribution in [2.75, 3.05) is 27.1 Å². The summed E-state index contributed by atoms with van der Waals surface area (Å²) in [7, 11) is 3.35. The minimum absolute atomic E-state index is 0. The number of nitrogens with two attached hydrogens (primary N) is 1. The summed E-state index contributed by atoms with van der Waals surface area (Å²) in [6.45, 7) is 2.96. The smallest absolute Gasteiger partial charge is 0.344 e. The standard InChI is InChI=1S/C9H8FNO4.C9H10FNO2.CH4O.CH4/c1-5-3-6(9(12)15-2)8(11(13)14)4-7(5)10;1-5-3-6(9(12)13-2)8(11)4-7(5)10;1-2;/h3-4H,1-2H3;3-4H,11H2,1-2H3;2H,1H3;1H4. The van der Waals surface area contributed by atoms with Crippen LogP contribution in [0.15, 0.2) is 24.3 Å². The van der Waals surface area contributed by atoms with Gasteiger partial charge in [-0.25, -0.2) is 18.4 Å². The lowest BCUT2D eigenvalue weighted by molar-refractivity contribution is -0.385. The maximum absolute atomic E-state index is 13.0. The fourth-order valence-corrected chi connectivity index (χ4v) is 2.08. The number of anilines is 1. The molecule has 172 valence electrons. The van der Waals surface area contributed by atoms with Gasteiger partial charge in [0.15, 0.2) is 0 Å². The SMILES string of the molecule is C.CO.COC(=O)c1cc(C)c(F)cc1N.COC(=O)c1cc(C)c(F)cc1[N+](=O)[O-]. The lowest BCUT2D eigenvalue weighted by Crippen LogP contribution is -2.07. The molecule has 0 aliphatic carbocycles. The van der Waals surface area contributed by atoms with E-state index in [-0.39, 0.29) is 29.8 Å². The van der Waals surface area contributed by atoms with E-state index >= 15 is 0 Å². The molecule has 0 amide bonds. The molecule has 31 heavy (non-hydrogen) atoms. The van der Waals surface area contributed by atoms with Gasteiger partial charge in [-0.1, -0.05) is 7.43 Å². The average Bonchev–Trinajstić information content (AvgIpc) is 2.73. The maximum atomic E-state index is 13.0. The van der Waals surface area contributed by atoms with Crippen LogP contribution in [0.25, 0.3) is 0 Å². The van der Waals surface area contributed by atoms with Crippen LogP contribution in [0, 0.1) is 35.6 Å². The van der Waals surface area contributed by atoms with E-state index in [0.717, 1.165) is 26.4 Å². The summed E-state index contributed by atoms with van der Waals surface area (Å²) in [5.74, 6) is -2.56. The minimum atomic E-state index is -0.857. The van der Waals surface area contributed by atoms with Crippen molar-refractivity contribution in [2.24, 2.45) is 0 Å².